The minimum Gasteiger partial charge on any atom is -0.373 e. The predicted molar refractivity (Wildman–Crippen MR) is 89.9 cm³/mol. The first-order chi connectivity index (χ1) is 10.4. The topological polar surface area (TPSA) is 9.23 Å². The van der Waals surface area contributed by atoms with E-state index in [1.807, 2.05) is 66.8 Å². The number of rotatable bonds is 6. The van der Waals surface area contributed by atoms with E-state index in [1.165, 1.54) is 5.56 Å². The number of ether oxygens (including phenoxy) is 1. The maximum absolute atomic E-state index is 5.47. The average Bonchev–Trinajstić information content (AvgIpc) is 2.56. The molecule has 0 saturated carbocycles. The first-order valence-electron chi connectivity index (χ1n) is 7.04. The smallest absolute Gasteiger partial charge is 0.101 e. The SMILES string of the molecule is COC(/C=C/C=C/C=C/c1ccccc1)c1ccccc1. The van der Waals surface area contributed by atoms with Crippen LogP contribution < -0.4 is 0 Å². The molecule has 0 aliphatic carbocycles. The van der Waals surface area contributed by atoms with Crippen LogP contribution in [0.1, 0.15) is 17.2 Å². The van der Waals surface area contributed by atoms with Crippen LogP contribution in [0.4, 0.5) is 0 Å². The molecule has 0 heterocycles. The largest absolute Gasteiger partial charge is 0.373 e. The highest BCUT2D eigenvalue weighted by Gasteiger charge is 2.03. The van der Waals surface area contributed by atoms with Crippen LogP contribution in [0.25, 0.3) is 6.08 Å². The van der Waals surface area contributed by atoms with Gasteiger partial charge in [0, 0.05) is 7.11 Å². The monoisotopic (exact) mass is 276 g/mol. The van der Waals surface area contributed by atoms with Crippen molar-refractivity contribution in [3.05, 3.63) is 102 Å². The molecule has 0 radical (unpaired) electrons. The Labute approximate surface area is 126 Å². The number of methoxy groups -OCH3 is 1. The zero-order valence-corrected chi connectivity index (χ0v) is 12.2. The van der Waals surface area contributed by atoms with Crippen molar-refractivity contribution >= 4 is 6.08 Å². The van der Waals surface area contributed by atoms with Crippen LogP contribution in [0.2, 0.25) is 0 Å². The molecule has 0 amide bonds. The van der Waals surface area contributed by atoms with Gasteiger partial charge in [0.15, 0.2) is 0 Å². The van der Waals surface area contributed by atoms with Gasteiger partial charge in [-0.1, -0.05) is 97.1 Å². The van der Waals surface area contributed by atoms with E-state index in [2.05, 4.69) is 30.3 Å². The summed E-state index contributed by atoms with van der Waals surface area (Å²) in [5.41, 5.74) is 2.36. The molecule has 0 fully saturated rings. The van der Waals surface area contributed by atoms with Crippen molar-refractivity contribution in [1.29, 1.82) is 0 Å². The van der Waals surface area contributed by atoms with E-state index in [1.54, 1.807) is 7.11 Å². The fourth-order valence-electron chi connectivity index (χ4n) is 1.99. The summed E-state index contributed by atoms with van der Waals surface area (Å²) in [5, 5.41) is 0. The van der Waals surface area contributed by atoms with Crippen molar-refractivity contribution in [2.75, 3.05) is 7.11 Å². The normalized spacial score (nSPS) is 13.4. The zero-order chi connectivity index (χ0) is 14.8. The molecule has 106 valence electrons. The second-order valence-corrected chi connectivity index (χ2v) is 4.61. The summed E-state index contributed by atoms with van der Waals surface area (Å²) in [7, 11) is 1.72. The molecule has 1 atom stereocenters. The average molecular weight is 276 g/mol. The molecule has 1 heteroatoms. The van der Waals surface area contributed by atoms with Crippen molar-refractivity contribution in [3.8, 4) is 0 Å². The second-order valence-electron chi connectivity index (χ2n) is 4.61. The molecule has 2 aromatic carbocycles. The van der Waals surface area contributed by atoms with Crippen molar-refractivity contribution in [2.45, 2.75) is 6.10 Å². The van der Waals surface area contributed by atoms with Crippen molar-refractivity contribution in [2.24, 2.45) is 0 Å². The molecule has 0 spiro atoms. The fraction of sp³-hybridized carbons (Fsp3) is 0.100. The van der Waals surface area contributed by atoms with E-state index >= 15 is 0 Å². The standard InChI is InChI=1S/C20H20O/c1-21-20(19-15-9-5-10-16-19)17-11-3-2-6-12-18-13-7-4-8-14-18/h2-17,20H,1H3/b3-2+,12-6+,17-11+. The van der Waals surface area contributed by atoms with E-state index < -0.39 is 0 Å². The summed E-state index contributed by atoms with van der Waals surface area (Å²) in [6.07, 6.45) is 12.2. The lowest BCUT2D eigenvalue weighted by atomic mass is 10.1. The van der Waals surface area contributed by atoms with Gasteiger partial charge in [-0.3, -0.25) is 0 Å². The molecule has 0 aliphatic heterocycles. The van der Waals surface area contributed by atoms with Gasteiger partial charge in [0.05, 0.1) is 0 Å². The van der Waals surface area contributed by atoms with Gasteiger partial charge in [-0.15, -0.1) is 0 Å². The van der Waals surface area contributed by atoms with Crippen LogP contribution >= 0.6 is 0 Å². The highest BCUT2D eigenvalue weighted by molar-refractivity contribution is 5.50. The summed E-state index contributed by atoms with van der Waals surface area (Å²) in [6.45, 7) is 0. The predicted octanol–water partition coefficient (Wildman–Crippen LogP) is 5.20. The summed E-state index contributed by atoms with van der Waals surface area (Å²) in [6, 6.07) is 20.4. The summed E-state index contributed by atoms with van der Waals surface area (Å²) in [5.74, 6) is 0. The molecule has 1 nitrogen and oxygen atoms in total. The highest BCUT2D eigenvalue weighted by atomic mass is 16.5. The van der Waals surface area contributed by atoms with E-state index in [-0.39, 0.29) is 6.10 Å². The number of allylic oxidation sites excluding steroid dienone is 4. The fourth-order valence-corrected chi connectivity index (χ4v) is 1.99. The molecule has 2 rings (SSSR count). The maximum atomic E-state index is 5.47. The molecular formula is C20H20O. The lowest BCUT2D eigenvalue weighted by molar-refractivity contribution is 0.143. The molecule has 0 aromatic heterocycles. The van der Waals surface area contributed by atoms with Gasteiger partial charge in [0.2, 0.25) is 0 Å². The van der Waals surface area contributed by atoms with E-state index in [0.717, 1.165) is 5.56 Å². The molecule has 0 saturated heterocycles. The Bertz CT molecular complexity index is 594. The highest BCUT2D eigenvalue weighted by Crippen LogP contribution is 2.17. The quantitative estimate of drug-likeness (QED) is 0.659. The van der Waals surface area contributed by atoms with Gasteiger partial charge in [-0.25, -0.2) is 0 Å². The Morgan fingerprint density at radius 1 is 0.762 bits per heavy atom. The third kappa shape index (κ3) is 5.25. The number of hydrogen-bond acceptors (Lipinski definition) is 1. The zero-order valence-electron chi connectivity index (χ0n) is 12.2. The molecule has 0 aliphatic rings. The van der Waals surface area contributed by atoms with Crippen molar-refractivity contribution in [3.63, 3.8) is 0 Å². The molecule has 21 heavy (non-hydrogen) atoms. The third-order valence-electron chi connectivity index (χ3n) is 3.09. The van der Waals surface area contributed by atoms with Gasteiger partial charge in [0.25, 0.3) is 0 Å². The Morgan fingerprint density at radius 2 is 1.38 bits per heavy atom. The Hall–Kier alpha value is -2.38. The summed E-state index contributed by atoms with van der Waals surface area (Å²) < 4.78 is 5.47. The molecule has 1 unspecified atom stereocenters. The molecular weight excluding hydrogens is 256 g/mol. The Kier molecular flexibility index (Phi) is 6.24. The third-order valence-corrected chi connectivity index (χ3v) is 3.09. The summed E-state index contributed by atoms with van der Waals surface area (Å²) >= 11 is 0. The number of benzene rings is 2. The minimum absolute atomic E-state index is 0.00560. The van der Waals surface area contributed by atoms with Gasteiger partial charge in [-0.05, 0) is 11.1 Å². The first kappa shape index (κ1) is 15.0. The first-order valence-corrected chi connectivity index (χ1v) is 7.04. The van der Waals surface area contributed by atoms with Gasteiger partial charge >= 0.3 is 0 Å². The lowest BCUT2D eigenvalue weighted by Gasteiger charge is -2.10. The minimum atomic E-state index is -0.00560. The number of hydrogen-bond donors (Lipinski definition) is 0. The van der Waals surface area contributed by atoms with E-state index in [9.17, 15) is 0 Å². The molecule has 0 N–H and O–H groups in total. The molecule has 0 bridgehead atoms. The Balaban J connectivity index is 1.89. The van der Waals surface area contributed by atoms with E-state index in [0.29, 0.717) is 0 Å². The summed E-state index contributed by atoms with van der Waals surface area (Å²) in [4.78, 5) is 0. The van der Waals surface area contributed by atoms with Crippen LogP contribution in [0.3, 0.4) is 0 Å². The van der Waals surface area contributed by atoms with Gasteiger partial charge in [-0.2, -0.15) is 0 Å². The van der Waals surface area contributed by atoms with E-state index in [4.69, 9.17) is 4.74 Å². The van der Waals surface area contributed by atoms with Gasteiger partial charge < -0.3 is 4.74 Å². The van der Waals surface area contributed by atoms with Gasteiger partial charge in [0.1, 0.15) is 6.10 Å². The van der Waals surface area contributed by atoms with Crippen LogP contribution in [0, 0.1) is 0 Å². The van der Waals surface area contributed by atoms with Crippen LogP contribution in [-0.4, -0.2) is 7.11 Å². The second kappa shape index (κ2) is 8.72. The lowest BCUT2D eigenvalue weighted by Crippen LogP contribution is -1.96. The maximum Gasteiger partial charge on any atom is 0.101 e. The van der Waals surface area contributed by atoms with Crippen molar-refractivity contribution < 1.29 is 4.74 Å². The molecule has 2 aromatic rings. The van der Waals surface area contributed by atoms with Crippen LogP contribution in [0.15, 0.2) is 91.0 Å². The van der Waals surface area contributed by atoms with Crippen LogP contribution in [-0.2, 0) is 4.74 Å². The van der Waals surface area contributed by atoms with Crippen molar-refractivity contribution in [1.82, 2.24) is 0 Å². The van der Waals surface area contributed by atoms with Crippen LogP contribution in [0.5, 0.6) is 0 Å². The Morgan fingerprint density at radius 3 is 2.05 bits per heavy atom.